The molecule has 1 heterocycles. The van der Waals surface area contributed by atoms with E-state index in [2.05, 4.69) is 4.98 Å². The lowest BCUT2D eigenvalue weighted by molar-refractivity contribution is -0.121. The lowest BCUT2D eigenvalue weighted by atomic mass is 10.2. The summed E-state index contributed by atoms with van der Waals surface area (Å²) < 4.78 is 27.8. The number of aryl methyl sites for hydroxylation is 1. The number of nitrogens with two attached hydrogens (primary N) is 1. The number of amides is 1. The van der Waals surface area contributed by atoms with Gasteiger partial charge in [0.25, 0.3) is 0 Å². The van der Waals surface area contributed by atoms with Crippen LogP contribution in [0.3, 0.4) is 0 Å². The van der Waals surface area contributed by atoms with Gasteiger partial charge < -0.3 is 4.57 Å². The molecule has 3 N–H and O–H groups in total. The van der Waals surface area contributed by atoms with Gasteiger partial charge in [-0.1, -0.05) is 0 Å². The molecule has 7 heteroatoms. The van der Waals surface area contributed by atoms with Crippen molar-refractivity contribution in [3.05, 3.63) is 30.1 Å². The maximum Gasteiger partial charge on any atom is 0.233 e. The van der Waals surface area contributed by atoms with Gasteiger partial charge in [-0.25, -0.2) is 19.6 Å². The summed E-state index contributed by atoms with van der Waals surface area (Å²) in [4.78, 5) is 14.9. The van der Waals surface area contributed by atoms with Crippen LogP contribution in [0.1, 0.15) is 12.8 Å². The Morgan fingerprint density at radius 1 is 1.39 bits per heavy atom. The first-order chi connectivity index (χ1) is 8.61. The molecule has 0 aliphatic carbocycles. The van der Waals surface area contributed by atoms with Crippen LogP contribution in [0.4, 0.5) is 8.78 Å². The fraction of sp³-hybridized carbons (Fsp3) is 0.273. The Morgan fingerprint density at radius 2 is 2.11 bits per heavy atom. The molecule has 0 radical (unpaired) electrons. The molecule has 1 aromatic heterocycles. The highest BCUT2D eigenvalue weighted by atomic mass is 19.2. The van der Waals surface area contributed by atoms with E-state index < -0.39 is 11.6 Å². The zero-order valence-electron chi connectivity index (χ0n) is 9.49. The molecule has 0 spiro atoms. The number of fused-ring (bicyclic) bond motifs is 1. The number of imidazole rings is 1. The molecule has 0 aliphatic rings. The van der Waals surface area contributed by atoms with E-state index >= 15 is 0 Å². The van der Waals surface area contributed by atoms with Gasteiger partial charge >= 0.3 is 0 Å². The zero-order chi connectivity index (χ0) is 13.1. The first kappa shape index (κ1) is 12.4. The normalized spacial score (nSPS) is 10.8. The highest BCUT2D eigenvalue weighted by Crippen LogP contribution is 2.17. The minimum Gasteiger partial charge on any atom is -0.330 e. The van der Waals surface area contributed by atoms with Crippen LogP contribution >= 0.6 is 0 Å². The summed E-state index contributed by atoms with van der Waals surface area (Å²) in [5.74, 6) is 2.85. The van der Waals surface area contributed by atoms with E-state index in [4.69, 9.17) is 5.84 Å². The van der Waals surface area contributed by atoms with E-state index in [1.54, 1.807) is 4.57 Å². The van der Waals surface area contributed by atoms with Crippen molar-refractivity contribution in [1.82, 2.24) is 15.0 Å². The number of benzene rings is 1. The van der Waals surface area contributed by atoms with E-state index in [1.807, 2.05) is 5.43 Å². The predicted molar refractivity (Wildman–Crippen MR) is 61.2 cm³/mol. The molecule has 0 unspecified atom stereocenters. The van der Waals surface area contributed by atoms with Crippen LogP contribution in [0.25, 0.3) is 11.0 Å². The first-order valence-electron chi connectivity index (χ1n) is 5.41. The number of hydrazine groups is 1. The topological polar surface area (TPSA) is 72.9 Å². The quantitative estimate of drug-likeness (QED) is 0.487. The Labute approximate surface area is 102 Å². The van der Waals surface area contributed by atoms with E-state index in [1.165, 1.54) is 6.33 Å². The number of aromatic nitrogens is 2. The molecule has 5 nitrogen and oxygen atoms in total. The van der Waals surface area contributed by atoms with Crippen LogP contribution in [0, 0.1) is 11.6 Å². The van der Waals surface area contributed by atoms with Crippen LogP contribution in [-0.4, -0.2) is 15.5 Å². The summed E-state index contributed by atoms with van der Waals surface area (Å²) in [5.41, 5.74) is 2.91. The maximum atomic E-state index is 13.1. The van der Waals surface area contributed by atoms with Crippen molar-refractivity contribution < 1.29 is 13.6 Å². The zero-order valence-corrected chi connectivity index (χ0v) is 9.49. The fourth-order valence-electron chi connectivity index (χ4n) is 1.71. The molecule has 1 amide bonds. The summed E-state index contributed by atoms with van der Waals surface area (Å²) in [5, 5.41) is 0. The van der Waals surface area contributed by atoms with Crippen molar-refractivity contribution in [3.8, 4) is 0 Å². The third-order valence-electron chi connectivity index (χ3n) is 2.63. The van der Waals surface area contributed by atoms with Gasteiger partial charge in [0.1, 0.15) is 0 Å². The molecule has 96 valence electrons. The Balaban J connectivity index is 2.14. The van der Waals surface area contributed by atoms with Gasteiger partial charge in [-0.2, -0.15) is 0 Å². The van der Waals surface area contributed by atoms with Crippen LogP contribution in [0.5, 0.6) is 0 Å². The van der Waals surface area contributed by atoms with E-state index in [9.17, 15) is 13.6 Å². The number of rotatable bonds is 4. The molecule has 2 aromatic rings. The van der Waals surface area contributed by atoms with Gasteiger partial charge in [-0.15, -0.1) is 0 Å². The van der Waals surface area contributed by atoms with Crippen molar-refractivity contribution in [2.24, 2.45) is 5.84 Å². The molecule has 2 rings (SSSR count). The summed E-state index contributed by atoms with van der Waals surface area (Å²) in [6, 6.07) is 2.15. The van der Waals surface area contributed by atoms with Gasteiger partial charge in [0.2, 0.25) is 5.91 Å². The Morgan fingerprint density at radius 3 is 2.83 bits per heavy atom. The van der Waals surface area contributed by atoms with Crippen molar-refractivity contribution in [2.75, 3.05) is 0 Å². The summed E-state index contributed by atoms with van der Waals surface area (Å²) in [7, 11) is 0. The standard InChI is InChI=1S/C11H12F2N4O/c12-7-4-9-10(5-8(7)13)17(6-15-9)3-1-2-11(18)16-14/h4-6H,1-3,14H2,(H,16,18). The molecule has 0 aliphatic heterocycles. The van der Waals surface area contributed by atoms with Gasteiger partial charge in [0, 0.05) is 25.1 Å². The molecule has 18 heavy (non-hydrogen) atoms. The predicted octanol–water partition coefficient (Wildman–Crippen LogP) is 1.08. The molecule has 1 aromatic carbocycles. The van der Waals surface area contributed by atoms with Gasteiger partial charge in [-0.05, 0) is 6.42 Å². The SMILES string of the molecule is NNC(=O)CCCn1cnc2cc(F)c(F)cc21. The second-order valence-corrected chi connectivity index (χ2v) is 3.86. The van der Waals surface area contributed by atoms with Crippen LogP contribution in [0.2, 0.25) is 0 Å². The third kappa shape index (κ3) is 2.45. The Hall–Kier alpha value is -2.02. The minimum atomic E-state index is -0.921. The Kier molecular flexibility index (Phi) is 3.52. The first-order valence-corrected chi connectivity index (χ1v) is 5.41. The lowest BCUT2D eigenvalue weighted by Crippen LogP contribution is -2.29. The summed E-state index contributed by atoms with van der Waals surface area (Å²) in [6.45, 7) is 0.481. The average Bonchev–Trinajstić information content (AvgIpc) is 2.72. The average molecular weight is 254 g/mol. The van der Waals surface area contributed by atoms with Crippen LogP contribution < -0.4 is 11.3 Å². The van der Waals surface area contributed by atoms with Crippen molar-refractivity contribution in [1.29, 1.82) is 0 Å². The van der Waals surface area contributed by atoms with Gasteiger partial charge in [0.05, 0.1) is 17.4 Å². The molecule has 0 saturated heterocycles. The van der Waals surface area contributed by atoms with Gasteiger partial charge in [0.15, 0.2) is 11.6 Å². The maximum absolute atomic E-state index is 13.1. The summed E-state index contributed by atoms with van der Waals surface area (Å²) >= 11 is 0. The van der Waals surface area contributed by atoms with E-state index in [-0.39, 0.29) is 12.3 Å². The number of nitrogens with zero attached hydrogens (tertiary/aromatic N) is 2. The highest BCUT2D eigenvalue weighted by molar-refractivity contribution is 5.76. The van der Waals surface area contributed by atoms with Crippen molar-refractivity contribution in [3.63, 3.8) is 0 Å². The molecule has 0 atom stereocenters. The molecular weight excluding hydrogens is 242 g/mol. The number of carbonyl (C=O) groups excluding carboxylic acids is 1. The van der Waals surface area contributed by atoms with Gasteiger partial charge in [-0.3, -0.25) is 10.2 Å². The largest absolute Gasteiger partial charge is 0.330 e. The lowest BCUT2D eigenvalue weighted by Gasteiger charge is -2.04. The number of halogens is 2. The molecule has 0 bridgehead atoms. The fourth-order valence-corrected chi connectivity index (χ4v) is 1.71. The second kappa shape index (κ2) is 5.09. The number of hydrogen-bond acceptors (Lipinski definition) is 3. The van der Waals surface area contributed by atoms with E-state index in [0.29, 0.717) is 24.0 Å². The third-order valence-corrected chi connectivity index (χ3v) is 2.63. The monoisotopic (exact) mass is 254 g/mol. The van der Waals surface area contributed by atoms with Crippen LogP contribution in [-0.2, 0) is 11.3 Å². The minimum absolute atomic E-state index is 0.264. The molecular formula is C11H12F2N4O. The second-order valence-electron chi connectivity index (χ2n) is 3.86. The van der Waals surface area contributed by atoms with Crippen LogP contribution in [0.15, 0.2) is 18.5 Å². The summed E-state index contributed by atoms with van der Waals surface area (Å²) in [6.07, 6.45) is 2.29. The number of hydrogen-bond donors (Lipinski definition) is 2. The smallest absolute Gasteiger partial charge is 0.233 e. The number of nitrogens with one attached hydrogen (secondary N) is 1. The number of carbonyl (C=O) groups is 1. The van der Waals surface area contributed by atoms with E-state index in [0.717, 1.165) is 12.1 Å². The molecule has 0 fully saturated rings. The Bertz CT molecular complexity index is 582. The molecule has 0 saturated carbocycles. The van der Waals surface area contributed by atoms with Crippen molar-refractivity contribution >= 4 is 16.9 Å². The highest BCUT2D eigenvalue weighted by Gasteiger charge is 2.09. The van der Waals surface area contributed by atoms with Crippen molar-refractivity contribution in [2.45, 2.75) is 19.4 Å².